The number of amides is 1. The summed E-state index contributed by atoms with van der Waals surface area (Å²) in [5.74, 6) is -1.41. The summed E-state index contributed by atoms with van der Waals surface area (Å²) in [5, 5.41) is 7.16. The van der Waals surface area contributed by atoms with Gasteiger partial charge in [-0.1, -0.05) is 0 Å². The van der Waals surface area contributed by atoms with Crippen LogP contribution in [0.5, 0.6) is 5.88 Å². The quantitative estimate of drug-likeness (QED) is 0.328. The van der Waals surface area contributed by atoms with E-state index in [9.17, 15) is 30.8 Å². The number of aromatic nitrogens is 4. The summed E-state index contributed by atoms with van der Waals surface area (Å²) in [7, 11) is -4.66. The molecule has 0 saturated heterocycles. The Hall–Kier alpha value is -4.11. The molecule has 0 bridgehead atoms. The van der Waals surface area contributed by atoms with Gasteiger partial charge in [0.25, 0.3) is 18.2 Å². The first-order valence-corrected chi connectivity index (χ1v) is 13.5. The van der Waals surface area contributed by atoms with Crippen LogP contribution >= 0.6 is 0 Å². The molecule has 1 aliphatic rings. The molecule has 1 amide bonds. The molecule has 4 heterocycles. The van der Waals surface area contributed by atoms with Gasteiger partial charge in [-0.25, -0.2) is 31.3 Å². The van der Waals surface area contributed by atoms with Crippen LogP contribution in [-0.2, 0) is 27.7 Å². The lowest BCUT2D eigenvalue weighted by atomic mass is 10.0. The fourth-order valence-electron chi connectivity index (χ4n) is 4.12. The first-order chi connectivity index (χ1) is 19.1. The Morgan fingerprint density at radius 2 is 2.08 bits per heavy atom. The third-order valence-electron chi connectivity index (χ3n) is 6.08. The number of alkyl halides is 3. The van der Waals surface area contributed by atoms with E-state index in [2.05, 4.69) is 20.4 Å². The maximum absolute atomic E-state index is 14.2. The maximum atomic E-state index is 14.2. The smallest absolute Gasteiger partial charge is 0.269 e. The van der Waals surface area contributed by atoms with Gasteiger partial charge in [0, 0.05) is 28.3 Å². The molecule has 40 heavy (non-hydrogen) atoms. The Morgan fingerprint density at radius 3 is 2.83 bits per heavy atom. The number of pyridine rings is 2. The van der Waals surface area contributed by atoms with Gasteiger partial charge < -0.3 is 14.8 Å². The monoisotopic (exact) mass is 579 g/mol. The molecule has 0 radical (unpaired) electrons. The molecule has 15 heteroatoms. The van der Waals surface area contributed by atoms with Crippen LogP contribution in [0.4, 0.5) is 17.6 Å². The predicted octanol–water partition coefficient (Wildman–Crippen LogP) is 3.82. The fraction of sp³-hybridized carbons (Fsp3) is 0.280. The van der Waals surface area contributed by atoms with Crippen LogP contribution in [0.3, 0.4) is 0 Å². The number of halogens is 4. The van der Waals surface area contributed by atoms with Gasteiger partial charge in [0.2, 0.25) is 21.2 Å². The molecular formula is C25H21F4N5O5S. The Bertz CT molecular complexity index is 1710. The van der Waals surface area contributed by atoms with Gasteiger partial charge in [-0.05, 0) is 37.3 Å². The number of benzene rings is 1. The molecule has 4 aromatic rings. The number of sulfone groups is 1. The Labute approximate surface area is 224 Å². The minimum Gasteiger partial charge on any atom is -0.475 e. The summed E-state index contributed by atoms with van der Waals surface area (Å²) in [6.45, 7) is 0.405. The molecule has 1 atom stereocenters. The van der Waals surface area contributed by atoms with Crippen molar-refractivity contribution in [3.8, 4) is 11.7 Å². The molecule has 1 N–H and O–H groups in total. The second-order valence-electron chi connectivity index (χ2n) is 8.69. The number of nitrogens with zero attached hydrogens (tertiary/aromatic N) is 4. The summed E-state index contributed by atoms with van der Waals surface area (Å²) in [5.41, 5.74) is -3.19. The number of rotatable bonds is 7. The zero-order valence-corrected chi connectivity index (χ0v) is 21.6. The average Bonchev–Trinajstić information content (AvgIpc) is 3.25. The van der Waals surface area contributed by atoms with E-state index in [0.29, 0.717) is 22.4 Å². The zero-order chi connectivity index (χ0) is 28.6. The normalized spacial score (nSPS) is 16.5. The van der Waals surface area contributed by atoms with E-state index in [1.54, 1.807) is 25.1 Å². The zero-order valence-electron chi connectivity index (χ0n) is 20.8. The van der Waals surface area contributed by atoms with Gasteiger partial charge >= 0.3 is 0 Å². The van der Waals surface area contributed by atoms with E-state index < -0.39 is 62.7 Å². The van der Waals surface area contributed by atoms with Crippen molar-refractivity contribution < 1.29 is 40.2 Å². The van der Waals surface area contributed by atoms with Crippen LogP contribution in [-0.4, -0.2) is 52.8 Å². The summed E-state index contributed by atoms with van der Waals surface area (Å²) in [4.78, 5) is 20.8. The highest BCUT2D eigenvalue weighted by Crippen LogP contribution is 2.34. The fourth-order valence-corrected chi connectivity index (χ4v) is 5.48. The van der Waals surface area contributed by atoms with Gasteiger partial charge in [0.15, 0.2) is 5.82 Å². The Kier molecular flexibility index (Phi) is 7.42. The lowest BCUT2D eigenvalue weighted by Gasteiger charge is -2.15. The van der Waals surface area contributed by atoms with Gasteiger partial charge in [-0.2, -0.15) is 4.39 Å². The van der Waals surface area contributed by atoms with Crippen LogP contribution in [0.2, 0.25) is 0 Å². The van der Waals surface area contributed by atoms with E-state index in [-0.39, 0.29) is 24.6 Å². The van der Waals surface area contributed by atoms with Crippen molar-refractivity contribution >= 4 is 26.6 Å². The highest BCUT2D eigenvalue weighted by Gasteiger charge is 2.36. The molecule has 5 rings (SSSR count). The maximum Gasteiger partial charge on any atom is 0.269 e. The number of nitrogens with one attached hydrogen (secondary N) is 1. The summed E-state index contributed by atoms with van der Waals surface area (Å²) >= 11 is 0. The van der Waals surface area contributed by atoms with E-state index >= 15 is 0 Å². The van der Waals surface area contributed by atoms with Crippen LogP contribution in [0.25, 0.3) is 16.7 Å². The van der Waals surface area contributed by atoms with Crippen molar-refractivity contribution in [2.75, 3.05) is 13.2 Å². The predicted molar refractivity (Wildman–Crippen MR) is 132 cm³/mol. The summed E-state index contributed by atoms with van der Waals surface area (Å²) in [6, 6.07) is 6.58. The van der Waals surface area contributed by atoms with Gasteiger partial charge in [0.05, 0.1) is 48.7 Å². The first kappa shape index (κ1) is 27.5. The molecule has 0 fully saturated rings. The number of carbonyl (C=O) groups excluding carboxylic acids is 1. The summed E-state index contributed by atoms with van der Waals surface area (Å²) in [6.07, 6.45) is -0.520. The van der Waals surface area contributed by atoms with Gasteiger partial charge in [-0.3, -0.25) is 9.78 Å². The van der Waals surface area contributed by atoms with Crippen LogP contribution < -0.4 is 10.1 Å². The molecule has 1 aromatic carbocycles. The molecule has 210 valence electrons. The number of fused-ring (bicyclic) bond motifs is 2. The second kappa shape index (κ2) is 10.8. The number of ether oxygens (including phenoxy) is 2. The average molecular weight is 580 g/mol. The Morgan fingerprint density at radius 1 is 1.27 bits per heavy atom. The highest BCUT2D eigenvalue weighted by molar-refractivity contribution is 7.92. The molecule has 0 unspecified atom stereocenters. The molecule has 10 nitrogen and oxygen atoms in total. The molecule has 0 spiro atoms. The minimum atomic E-state index is -4.66. The topological polar surface area (TPSA) is 125 Å². The van der Waals surface area contributed by atoms with E-state index in [1.807, 2.05) is 0 Å². The highest BCUT2D eigenvalue weighted by atomic mass is 32.2. The first-order valence-electron chi connectivity index (χ1n) is 11.9. The molecule has 0 aliphatic carbocycles. The van der Waals surface area contributed by atoms with Crippen molar-refractivity contribution in [1.29, 1.82) is 0 Å². The van der Waals surface area contributed by atoms with E-state index in [1.165, 1.54) is 10.9 Å². The van der Waals surface area contributed by atoms with E-state index in [4.69, 9.17) is 9.47 Å². The van der Waals surface area contributed by atoms with Crippen LogP contribution in [0.1, 0.15) is 40.5 Å². The molecule has 1 aliphatic heterocycles. The summed E-state index contributed by atoms with van der Waals surface area (Å²) < 4.78 is 92.2. The third-order valence-corrected chi connectivity index (χ3v) is 7.87. The van der Waals surface area contributed by atoms with Crippen LogP contribution in [0, 0.1) is 5.82 Å². The van der Waals surface area contributed by atoms with Crippen molar-refractivity contribution in [3.05, 3.63) is 70.9 Å². The molecular weight excluding hydrogens is 558 g/mol. The number of carbonyl (C=O) groups is 1. The van der Waals surface area contributed by atoms with Crippen LogP contribution in [0.15, 0.2) is 47.6 Å². The number of hydrogen-bond donors (Lipinski definition) is 1. The third kappa shape index (κ3) is 5.21. The van der Waals surface area contributed by atoms with Crippen molar-refractivity contribution in [2.24, 2.45) is 0 Å². The minimum absolute atomic E-state index is 0.169. The molecule has 0 saturated carbocycles. The van der Waals surface area contributed by atoms with Gasteiger partial charge in [-0.15, -0.1) is 5.10 Å². The number of hydrogen-bond acceptors (Lipinski definition) is 8. The largest absolute Gasteiger partial charge is 0.475 e. The lowest BCUT2D eigenvalue weighted by Crippen LogP contribution is -2.25. The second-order valence-corrected chi connectivity index (χ2v) is 10.7. The lowest BCUT2D eigenvalue weighted by molar-refractivity contribution is 0.0914. The van der Waals surface area contributed by atoms with Gasteiger partial charge in [0.1, 0.15) is 0 Å². The van der Waals surface area contributed by atoms with Crippen molar-refractivity contribution in [2.45, 2.75) is 36.9 Å². The Balaban J connectivity index is 1.40. The standard InChI is InChI=1S/C25H21F4N5O5S/c1-2-39-25-18(26)10-34(33-25)22-4-3-13-8-30-15(7-19(13)32-22)9-31-24(35)14-5-16(23(28)29)17-11-38-12-21(27)40(36,37)20(17)6-14/h3-8,10,21,23H,2,9,11-12H2,1H3,(H,31,35)/t21-/m1/s1. The van der Waals surface area contributed by atoms with Crippen molar-refractivity contribution in [3.63, 3.8) is 0 Å². The van der Waals surface area contributed by atoms with Crippen molar-refractivity contribution in [1.82, 2.24) is 25.1 Å². The molecule has 3 aromatic heterocycles. The van der Waals surface area contributed by atoms with E-state index in [0.717, 1.165) is 18.3 Å². The SMILES string of the molecule is CCOc1nn(-c2ccc3cnc(CNC(=O)c4cc(C(F)F)c5c(c4)S(=O)(=O)[C@@H](F)COC5)cc3n2)cc1F.